The van der Waals surface area contributed by atoms with Crippen LogP contribution in [0.4, 0.5) is 0 Å². The maximum atomic E-state index is 11.7. The molecule has 1 aliphatic rings. The Morgan fingerprint density at radius 1 is 1.19 bits per heavy atom. The second-order valence-electron chi connectivity index (χ2n) is 7.22. The molecule has 1 aliphatic carbocycles. The van der Waals surface area contributed by atoms with E-state index in [2.05, 4.69) is 47.8 Å². The molecule has 0 spiro atoms. The van der Waals surface area contributed by atoms with Crippen molar-refractivity contribution in [2.75, 3.05) is 0 Å². The van der Waals surface area contributed by atoms with E-state index >= 15 is 0 Å². The lowest BCUT2D eigenvalue weighted by Gasteiger charge is -2.19. The summed E-state index contributed by atoms with van der Waals surface area (Å²) in [7, 11) is 0. The fourth-order valence-electron chi connectivity index (χ4n) is 3.67. The largest absolute Gasteiger partial charge is 0.483 e. The molecule has 1 N–H and O–H groups in total. The number of ether oxygens (including phenoxy) is 1. The molecule has 0 aromatic heterocycles. The summed E-state index contributed by atoms with van der Waals surface area (Å²) in [6, 6.07) is 17.4. The van der Waals surface area contributed by atoms with Crippen molar-refractivity contribution in [1.29, 1.82) is 0 Å². The van der Waals surface area contributed by atoms with E-state index in [4.69, 9.17) is 4.74 Å². The van der Waals surface area contributed by atoms with Crippen molar-refractivity contribution in [1.82, 2.24) is 5.32 Å². The number of carbonyl (C=O) groups is 1. The first-order valence-electron chi connectivity index (χ1n) is 9.72. The zero-order chi connectivity index (χ0) is 18.4. The molecule has 0 saturated carbocycles. The number of hydrogen-bond donors (Lipinski definition) is 1. The first kappa shape index (κ1) is 18.7. The number of Topliss-reactive ketones (excluding diaryl/α,β-unsaturated/α-hetero) is 1. The molecule has 138 valence electrons. The van der Waals surface area contributed by atoms with Crippen LogP contribution in [0.15, 0.2) is 48.5 Å². The van der Waals surface area contributed by atoms with Gasteiger partial charge in [-0.25, -0.2) is 0 Å². The van der Waals surface area contributed by atoms with Gasteiger partial charge in [0.1, 0.15) is 5.75 Å². The molecule has 0 aliphatic heterocycles. The molecule has 0 saturated heterocycles. The zero-order valence-electron chi connectivity index (χ0n) is 15.8. The second kappa shape index (κ2) is 9.00. The fraction of sp³-hybridized carbons (Fsp3) is 0.435. The summed E-state index contributed by atoms with van der Waals surface area (Å²) in [5.74, 6) is 0.902. The molecule has 0 heterocycles. The Bertz CT molecular complexity index is 726. The van der Waals surface area contributed by atoms with Crippen molar-refractivity contribution >= 4 is 5.78 Å². The van der Waals surface area contributed by atoms with Crippen molar-refractivity contribution < 1.29 is 9.53 Å². The minimum absolute atomic E-state index is 0.0878. The second-order valence-corrected chi connectivity index (χ2v) is 7.22. The van der Waals surface area contributed by atoms with Gasteiger partial charge >= 0.3 is 0 Å². The van der Waals surface area contributed by atoms with Crippen LogP contribution in [0.1, 0.15) is 49.8 Å². The van der Waals surface area contributed by atoms with Gasteiger partial charge in [-0.05, 0) is 67.9 Å². The molecular formula is C23H29NO2. The number of aryl methyl sites for hydroxylation is 1. The average Bonchev–Trinajstić information content (AvgIpc) is 2.86. The molecule has 2 unspecified atom stereocenters. The van der Waals surface area contributed by atoms with E-state index in [-0.39, 0.29) is 11.9 Å². The van der Waals surface area contributed by atoms with Crippen LogP contribution in [0.5, 0.6) is 5.75 Å². The standard InChI is InChI=1S/C23H29NO2/c1-3-23(17(2)25)26-22-13-12-19-10-7-11-21(14-20(19)15-22)24-16-18-8-5-4-6-9-18/h4-6,8-9,12-13,15,21,23-24H,3,7,10-11,14,16H2,1-2H3. The minimum atomic E-state index is -0.342. The lowest BCUT2D eigenvalue weighted by atomic mass is 10.0. The van der Waals surface area contributed by atoms with Gasteiger partial charge in [0.25, 0.3) is 0 Å². The normalized spacial score (nSPS) is 17.8. The van der Waals surface area contributed by atoms with Crippen LogP contribution < -0.4 is 10.1 Å². The summed E-state index contributed by atoms with van der Waals surface area (Å²) in [6.45, 7) is 4.49. The quantitative estimate of drug-likeness (QED) is 0.748. The van der Waals surface area contributed by atoms with Gasteiger partial charge in [-0.1, -0.05) is 43.3 Å². The van der Waals surface area contributed by atoms with Crippen LogP contribution in [-0.2, 0) is 24.2 Å². The zero-order valence-corrected chi connectivity index (χ0v) is 15.8. The molecule has 3 nitrogen and oxygen atoms in total. The number of ketones is 1. The van der Waals surface area contributed by atoms with E-state index in [0.717, 1.165) is 25.1 Å². The summed E-state index contributed by atoms with van der Waals surface area (Å²) in [4.78, 5) is 11.7. The lowest BCUT2D eigenvalue weighted by molar-refractivity contribution is -0.123. The highest BCUT2D eigenvalue weighted by Gasteiger charge is 2.19. The summed E-state index contributed by atoms with van der Waals surface area (Å²) in [5.41, 5.74) is 4.09. The Hall–Kier alpha value is -2.13. The Morgan fingerprint density at radius 2 is 2.00 bits per heavy atom. The van der Waals surface area contributed by atoms with Crippen LogP contribution in [0.2, 0.25) is 0 Å². The molecule has 2 aromatic carbocycles. The predicted octanol–water partition coefficient (Wildman–Crippen LogP) is 4.47. The van der Waals surface area contributed by atoms with Gasteiger partial charge in [-0.3, -0.25) is 4.79 Å². The van der Waals surface area contributed by atoms with Crippen LogP contribution in [0, 0.1) is 0 Å². The van der Waals surface area contributed by atoms with E-state index in [9.17, 15) is 4.79 Å². The minimum Gasteiger partial charge on any atom is -0.483 e. The predicted molar refractivity (Wildman–Crippen MR) is 106 cm³/mol. The van der Waals surface area contributed by atoms with Crippen molar-refractivity contribution in [2.24, 2.45) is 0 Å². The van der Waals surface area contributed by atoms with Crippen molar-refractivity contribution in [2.45, 2.75) is 64.6 Å². The molecule has 0 fully saturated rings. The monoisotopic (exact) mass is 351 g/mol. The third-order valence-corrected chi connectivity index (χ3v) is 5.18. The molecule has 0 amide bonds. The van der Waals surface area contributed by atoms with E-state index in [0.29, 0.717) is 12.5 Å². The third kappa shape index (κ3) is 4.95. The Morgan fingerprint density at radius 3 is 2.73 bits per heavy atom. The molecule has 2 aromatic rings. The number of hydrogen-bond acceptors (Lipinski definition) is 3. The highest BCUT2D eigenvalue weighted by molar-refractivity contribution is 5.80. The summed E-state index contributed by atoms with van der Waals surface area (Å²) in [6.07, 6.45) is 4.87. The Labute approximate surface area is 156 Å². The molecule has 2 atom stereocenters. The molecule has 0 radical (unpaired) electrons. The van der Waals surface area contributed by atoms with Gasteiger partial charge in [-0.2, -0.15) is 0 Å². The number of fused-ring (bicyclic) bond motifs is 1. The maximum Gasteiger partial charge on any atom is 0.170 e. The highest BCUT2D eigenvalue weighted by atomic mass is 16.5. The van der Waals surface area contributed by atoms with Gasteiger partial charge in [-0.15, -0.1) is 0 Å². The van der Waals surface area contributed by atoms with E-state index in [1.165, 1.54) is 29.5 Å². The molecule has 3 rings (SSSR count). The highest BCUT2D eigenvalue weighted by Crippen LogP contribution is 2.26. The summed E-state index contributed by atoms with van der Waals surface area (Å²) >= 11 is 0. The number of carbonyl (C=O) groups excluding carboxylic acids is 1. The molecule has 3 heteroatoms. The Kier molecular flexibility index (Phi) is 6.45. The first-order chi connectivity index (χ1) is 12.7. The topological polar surface area (TPSA) is 38.3 Å². The van der Waals surface area contributed by atoms with Crippen molar-refractivity contribution in [3.8, 4) is 5.75 Å². The van der Waals surface area contributed by atoms with Crippen molar-refractivity contribution in [3.05, 3.63) is 65.2 Å². The molecule has 0 bridgehead atoms. The fourth-order valence-corrected chi connectivity index (χ4v) is 3.67. The molecule has 26 heavy (non-hydrogen) atoms. The number of nitrogens with one attached hydrogen (secondary N) is 1. The van der Waals surface area contributed by atoms with Crippen LogP contribution in [0.3, 0.4) is 0 Å². The smallest absolute Gasteiger partial charge is 0.170 e. The maximum absolute atomic E-state index is 11.7. The lowest BCUT2D eigenvalue weighted by Crippen LogP contribution is -2.30. The van der Waals surface area contributed by atoms with Gasteiger partial charge in [0, 0.05) is 12.6 Å². The van der Waals surface area contributed by atoms with E-state index in [1.54, 1.807) is 6.92 Å². The summed E-state index contributed by atoms with van der Waals surface area (Å²) < 4.78 is 5.93. The van der Waals surface area contributed by atoms with Crippen LogP contribution in [0.25, 0.3) is 0 Å². The van der Waals surface area contributed by atoms with E-state index in [1.807, 2.05) is 13.0 Å². The van der Waals surface area contributed by atoms with Gasteiger partial charge < -0.3 is 10.1 Å². The van der Waals surface area contributed by atoms with Crippen LogP contribution in [-0.4, -0.2) is 17.9 Å². The molecular weight excluding hydrogens is 322 g/mol. The SMILES string of the molecule is CCC(Oc1ccc2c(c1)CC(NCc1ccccc1)CCC2)C(C)=O. The van der Waals surface area contributed by atoms with Gasteiger partial charge in [0.05, 0.1) is 0 Å². The third-order valence-electron chi connectivity index (χ3n) is 5.18. The van der Waals surface area contributed by atoms with E-state index < -0.39 is 0 Å². The van der Waals surface area contributed by atoms with Crippen molar-refractivity contribution in [3.63, 3.8) is 0 Å². The number of benzene rings is 2. The summed E-state index contributed by atoms with van der Waals surface area (Å²) in [5, 5.41) is 3.71. The van der Waals surface area contributed by atoms with Crippen LogP contribution >= 0.6 is 0 Å². The first-order valence-corrected chi connectivity index (χ1v) is 9.72. The van der Waals surface area contributed by atoms with Gasteiger partial charge in [0.2, 0.25) is 0 Å². The average molecular weight is 351 g/mol. The number of rotatable bonds is 7. The van der Waals surface area contributed by atoms with Gasteiger partial charge in [0.15, 0.2) is 11.9 Å². The Balaban J connectivity index is 1.67.